The van der Waals surface area contributed by atoms with E-state index in [9.17, 15) is 13.2 Å². The summed E-state index contributed by atoms with van der Waals surface area (Å²) >= 11 is 5.53. The van der Waals surface area contributed by atoms with Crippen molar-refractivity contribution in [2.75, 3.05) is 24.7 Å². The van der Waals surface area contributed by atoms with Crippen LogP contribution >= 0.6 is 11.6 Å². The number of halogens is 1. The van der Waals surface area contributed by atoms with Gasteiger partial charge in [0.25, 0.3) is 0 Å². The van der Waals surface area contributed by atoms with Crippen LogP contribution in [0.15, 0.2) is 0 Å². The van der Waals surface area contributed by atoms with E-state index in [1.165, 1.54) is 0 Å². The second-order valence-electron chi connectivity index (χ2n) is 4.56. The molecule has 0 aromatic rings. The lowest BCUT2D eigenvalue weighted by molar-refractivity contribution is -0.120. The lowest BCUT2D eigenvalue weighted by Crippen LogP contribution is -2.39. The van der Waals surface area contributed by atoms with E-state index in [0.717, 1.165) is 0 Å². The van der Waals surface area contributed by atoms with E-state index >= 15 is 0 Å². The van der Waals surface area contributed by atoms with Crippen LogP contribution in [0.1, 0.15) is 20.8 Å². The van der Waals surface area contributed by atoms with Gasteiger partial charge in [0.15, 0.2) is 0 Å². The smallest absolute Gasteiger partial charge is 0.235 e. The Balaban J connectivity index is 3.97. The highest BCUT2D eigenvalue weighted by Gasteiger charge is 2.16. The van der Waals surface area contributed by atoms with Crippen molar-refractivity contribution in [3.8, 4) is 0 Å². The third-order valence-corrected chi connectivity index (χ3v) is 4.05. The van der Waals surface area contributed by atoms with Gasteiger partial charge in [-0.1, -0.05) is 20.8 Å². The van der Waals surface area contributed by atoms with Crippen LogP contribution in [0.5, 0.6) is 0 Å². The topological polar surface area (TPSA) is 75.3 Å². The highest BCUT2D eigenvalue weighted by atomic mass is 35.5. The molecule has 0 aromatic carbocycles. The van der Waals surface area contributed by atoms with Crippen LogP contribution in [0.4, 0.5) is 0 Å². The molecule has 0 aromatic heterocycles. The SMILES string of the molecule is CC(C)CNC(=O)CNS(=O)(=O)CC(C)CCl. The standard InChI is InChI=1S/C10H21ClN2O3S/c1-8(2)5-12-10(14)6-13-17(15,16)7-9(3)4-11/h8-9,13H,4-7H2,1-3H3,(H,12,14). The molecule has 1 unspecified atom stereocenters. The number of alkyl halides is 1. The zero-order valence-corrected chi connectivity index (χ0v) is 12.1. The molecule has 0 radical (unpaired) electrons. The number of carbonyl (C=O) groups is 1. The normalized spacial score (nSPS) is 13.7. The summed E-state index contributed by atoms with van der Waals surface area (Å²) in [6, 6.07) is 0. The third-order valence-electron chi connectivity index (χ3n) is 1.93. The van der Waals surface area contributed by atoms with Crippen LogP contribution in [-0.2, 0) is 14.8 Å². The zero-order chi connectivity index (χ0) is 13.5. The molecule has 17 heavy (non-hydrogen) atoms. The number of nitrogens with one attached hydrogen (secondary N) is 2. The average molecular weight is 285 g/mol. The van der Waals surface area contributed by atoms with Crippen molar-refractivity contribution < 1.29 is 13.2 Å². The van der Waals surface area contributed by atoms with E-state index in [4.69, 9.17) is 11.6 Å². The molecule has 0 saturated heterocycles. The molecule has 7 heteroatoms. The maximum Gasteiger partial charge on any atom is 0.235 e. The minimum Gasteiger partial charge on any atom is -0.355 e. The summed E-state index contributed by atoms with van der Waals surface area (Å²) < 4.78 is 25.2. The third kappa shape index (κ3) is 9.38. The van der Waals surface area contributed by atoms with Crippen molar-refractivity contribution in [3.63, 3.8) is 0 Å². The summed E-state index contributed by atoms with van der Waals surface area (Å²) in [6.07, 6.45) is 0. The molecule has 0 fully saturated rings. The fourth-order valence-corrected chi connectivity index (χ4v) is 2.61. The van der Waals surface area contributed by atoms with Crippen LogP contribution in [0.25, 0.3) is 0 Å². The first-order chi connectivity index (χ1) is 7.76. The van der Waals surface area contributed by atoms with Crippen LogP contribution in [-0.4, -0.2) is 39.0 Å². The van der Waals surface area contributed by atoms with E-state index < -0.39 is 10.0 Å². The Morgan fingerprint density at radius 3 is 2.35 bits per heavy atom. The van der Waals surface area contributed by atoms with E-state index in [-0.39, 0.29) is 30.0 Å². The molecule has 102 valence electrons. The zero-order valence-electron chi connectivity index (χ0n) is 10.5. The fourth-order valence-electron chi connectivity index (χ4n) is 1.03. The highest BCUT2D eigenvalue weighted by Crippen LogP contribution is 2.01. The molecule has 0 aliphatic heterocycles. The van der Waals surface area contributed by atoms with Gasteiger partial charge in [-0.15, -0.1) is 11.6 Å². The Morgan fingerprint density at radius 1 is 1.29 bits per heavy atom. The second-order valence-corrected chi connectivity index (χ2v) is 6.72. The maximum atomic E-state index is 11.5. The molecule has 0 rings (SSSR count). The van der Waals surface area contributed by atoms with Gasteiger partial charge in [0, 0.05) is 12.4 Å². The summed E-state index contributed by atoms with van der Waals surface area (Å²) in [4.78, 5) is 11.3. The molecule has 0 heterocycles. The number of hydrogen-bond acceptors (Lipinski definition) is 3. The molecule has 2 N–H and O–H groups in total. The number of hydrogen-bond donors (Lipinski definition) is 2. The predicted octanol–water partition coefficient (Wildman–Crippen LogP) is 0.553. The maximum absolute atomic E-state index is 11.5. The lowest BCUT2D eigenvalue weighted by Gasteiger charge is -2.11. The van der Waals surface area contributed by atoms with Gasteiger partial charge in [0.2, 0.25) is 15.9 Å². The quantitative estimate of drug-likeness (QED) is 0.639. The molecule has 0 saturated carbocycles. The number of rotatable bonds is 8. The number of amides is 1. The largest absolute Gasteiger partial charge is 0.355 e. The predicted molar refractivity (Wildman–Crippen MR) is 69.5 cm³/mol. The molecule has 5 nitrogen and oxygen atoms in total. The van der Waals surface area contributed by atoms with E-state index in [2.05, 4.69) is 10.0 Å². The van der Waals surface area contributed by atoms with E-state index in [1.807, 2.05) is 13.8 Å². The van der Waals surface area contributed by atoms with Gasteiger partial charge in [-0.05, 0) is 11.8 Å². The van der Waals surface area contributed by atoms with Gasteiger partial charge in [-0.2, -0.15) is 0 Å². The van der Waals surface area contributed by atoms with Crippen molar-refractivity contribution in [1.29, 1.82) is 0 Å². The highest BCUT2D eigenvalue weighted by molar-refractivity contribution is 7.89. The second kappa shape index (κ2) is 7.89. The van der Waals surface area contributed by atoms with Gasteiger partial charge in [0.05, 0.1) is 12.3 Å². The van der Waals surface area contributed by atoms with Crippen molar-refractivity contribution in [2.45, 2.75) is 20.8 Å². The van der Waals surface area contributed by atoms with Gasteiger partial charge in [-0.3, -0.25) is 4.79 Å². The summed E-state index contributed by atoms with van der Waals surface area (Å²) in [5.74, 6) is 0.106. The van der Waals surface area contributed by atoms with Crippen LogP contribution in [0.2, 0.25) is 0 Å². The van der Waals surface area contributed by atoms with Gasteiger partial charge >= 0.3 is 0 Å². The van der Waals surface area contributed by atoms with Crippen molar-refractivity contribution in [3.05, 3.63) is 0 Å². The monoisotopic (exact) mass is 284 g/mol. The van der Waals surface area contributed by atoms with Gasteiger partial charge < -0.3 is 5.32 Å². The Labute approximate surface area is 108 Å². The van der Waals surface area contributed by atoms with Gasteiger partial charge in [0.1, 0.15) is 0 Å². The van der Waals surface area contributed by atoms with Crippen LogP contribution in [0.3, 0.4) is 0 Å². The molecule has 1 atom stereocenters. The Bertz CT molecular complexity index is 330. The Hall–Kier alpha value is -0.330. The minimum atomic E-state index is -3.42. The first-order valence-electron chi connectivity index (χ1n) is 5.56. The summed E-state index contributed by atoms with van der Waals surface area (Å²) in [7, 11) is -3.42. The van der Waals surface area contributed by atoms with Crippen molar-refractivity contribution in [1.82, 2.24) is 10.0 Å². The van der Waals surface area contributed by atoms with Crippen molar-refractivity contribution in [2.24, 2.45) is 11.8 Å². The molecule has 0 aliphatic carbocycles. The molecular weight excluding hydrogens is 264 g/mol. The number of carbonyl (C=O) groups excluding carboxylic acids is 1. The minimum absolute atomic E-state index is 0.0615. The van der Waals surface area contributed by atoms with Crippen LogP contribution < -0.4 is 10.0 Å². The van der Waals surface area contributed by atoms with Gasteiger partial charge in [-0.25, -0.2) is 13.1 Å². The number of sulfonamides is 1. The average Bonchev–Trinajstić information content (AvgIpc) is 2.22. The van der Waals surface area contributed by atoms with E-state index in [0.29, 0.717) is 12.5 Å². The Kier molecular flexibility index (Phi) is 7.74. The molecular formula is C10H21ClN2O3S. The van der Waals surface area contributed by atoms with Crippen molar-refractivity contribution >= 4 is 27.5 Å². The lowest BCUT2D eigenvalue weighted by atomic mass is 10.2. The molecule has 0 aliphatic rings. The van der Waals surface area contributed by atoms with E-state index in [1.54, 1.807) is 6.92 Å². The first-order valence-corrected chi connectivity index (χ1v) is 7.75. The Morgan fingerprint density at radius 2 is 1.88 bits per heavy atom. The summed E-state index contributed by atoms with van der Waals surface area (Å²) in [5.41, 5.74) is 0. The molecule has 0 bridgehead atoms. The summed E-state index contributed by atoms with van der Waals surface area (Å²) in [6.45, 7) is 5.99. The fraction of sp³-hybridized carbons (Fsp3) is 0.900. The first kappa shape index (κ1) is 16.7. The summed E-state index contributed by atoms with van der Waals surface area (Å²) in [5, 5.41) is 2.63. The molecule has 1 amide bonds. The molecule has 0 spiro atoms. The van der Waals surface area contributed by atoms with Crippen LogP contribution in [0, 0.1) is 11.8 Å².